The summed E-state index contributed by atoms with van der Waals surface area (Å²) in [5, 5.41) is 6.40. The number of para-hydroxylation sites is 1. The highest BCUT2D eigenvalue weighted by Gasteiger charge is 2.33. The van der Waals surface area contributed by atoms with Crippen LogP contribution in [0.25, 0.3) is 0 Å². The van der Waals surface area contributed by atoms with Crippen LogP contribution in [-0.4, -0.2) is 25.4 Å². The van der Waals surface area contributed by atoms with Crippen LogP contribution in [0.1, 0.15) is 24.9 Å². The molecule has 0 bridgehead atoms. The third kappa shape index (κ3) is 3.25. The number of rotatable bonds is 5. The molecule has 1 aliphatic rings. The van der Waals surface area contributed by atoms with Crippen molar-refractivity contribution in [2.24, 2.45) is 5.10 Å². The Morgan fingerprint density at radius 3 is 2.50 bits per heavy atom. The summed E-state index contributed by atoms with van der Waals surface area (Å²) < 4.78 is 10.3. The van der Waals surface area contributed by atoms with Crippen molar-refractivity contribution in [3.05, 3.63) is 60.2 Å². The lowest BCUT2D eigenvalue weighted by Gasteiger charge is -2.24. The Labute approximate surface area is 141 Å². The summed E-state index contributed by atoms with van der Waals surface area (Å²) in [4.78, 5) is 12.1. The average Bonchev–Trinajstić information content (AvgIpc) is 3.08. The minimum atomic E-state index is -0.352. The number of nitrogens with zero attached hydrogens (tertiary/aromatic N) is 2. The lowest BCUT2D eigenvalue weighted by Crippen LogP contribution is -2.18. The van der Waals surface area contributed by atoms with Crippen molar-refractivity contribution in [2.75, 3.05) is 18.7 Å². The van der Waals surface area contributed by atoms with Crippen molar-refractivity contribution >= 4 is 17.4 Å². The number of hydrazone groups is 1. The average molecular weight is 324 g/mol. The molecule has 0 radical (unpaired) electrons. The number of carbonyl (C=O) groups excluding carboxylic acids is 1. The minimum absolute atomic E-state index is 0.0438. The van der Waals surface area contributed by atoms with Gasteiger partial charge in [-0.25, -0.2) is 4.79 Å². The largest absolute Gasteiger partial charge is 0.497 e. The van der Waals surface area contributed by atoms with Gasteiger partial charge in [0, 0.05) is 6.42 Å². The molecule has 1 unspecified atom stereocenters. The molecule has 5 nitrogen and oxygen atoms in total. The number of hydrogen-bond donors (Lipinski definition) is 0. The molecule has 0 N–H and O–H groups in total. The van der Waals surface area contributed by atoms with Crippen molar-refractivity contribution in [3.63, 3.8) is 0 Å². The van der Waals surface area contributed by atoms with E-state index in [4.69, 9.17) is 9.47 Å². The van der Waals surface area contributed by atoms with Gasteiger partial charge in [0.2, 0.25) is 0 Å². The number of anilines is 1. The van der Waals surface area contributed by atoms with Crippen LogP contribution in [0.5, 0.6) is 5.75 Å². The standard InChI is InChI=1S/C19H20N2O3/c1-3-24-19(22)17-13-18(14-9-11-16(23-2)12-10-14)21(20-17)15-7-5-4-6-8-15/h4-12,18H,3,13H2,1-2H3. The van der Waals surface area contributed by atoms with Crippen LogP contribution in [0, 0.1) is 0 Å². The molecule has 2 aromatic rings. The van der Waals surface area contributed by atoms with Gasteiger partial charge in [-0.15, -0.1) is 0 Å². The van der Waals surface area contributed by atoms with Gasteiger partial charge >= 0.3 is 5.97 Å². The number of benzene rings is 2. The highest BCUT2D eigenvalue weighted by atomic mass is 16.5. The molecule has 2 aromatic carbocycles. The molecule has 1 aliphatic heterocycles. The van der Waals surface area contributed by atoms with E-state index < -0.39 is 0 Å². The summed E-state index contributed by atoms with van der Waals surface area (Å²) in [6.07, 6.45) is 0.514. The SMILES string of the molecule is CCOC(=O)C1=NN(c2ccccc2)C(c2ccc(OC)cc2)C1. The first-order chi connectivity index (χ1) is 11.7. The van der Waals surface area contributed by atoms with Crippen LogP contribution in [-0.2, 0) is 9.53 Å². The second kappa shape index (κ2) is 7.17. The Hall–Kier alpha value is -2.82. The molecule has 24 heavy (non-hydrogen) atoms. The second-order valence-electron chi connectivity index (χ2n) is 5.44. The Bertz CT molecular complexity index is 726. The Kier molecular flexibility index (Phi) is 4.79. The van der Waals surface area contributed by atoms with Gasteiger partial charge in [0.15, 0.2) is 0 Å². The Morgan fingerprint density at radius 2 is 1.88 bits per heavy atom. The normalized spacial score (nSPS) is 16.7. The summed E-state index contributed by atoms with van der Waals surface area (Å²) >= 11 is 0. The third-order valence-corrected chi connectivity index (χ3v) is 3.94. The second-order valence-corrected chi connectivity index (χ2v) is 5.44. The van der Waals surface area contributed by atoms with Crippen LogP contribution in [0.3, 0.4) is 0 Å². The van der Waals surface area contributed by atoms with Gasteiger partial charge in [-0.05, 0) is 36.8 Å². The first kappa shape index (κ1) is 16.1. The fraction of sp³-hybridized carbons (Fsp3) is 0.263. The molecule has 0 amide bonds. The van der Waals surface area contributed by atoms with Crippen LogP contribution in [0.15, 0.2) is 59.7 Å². The number of carbonyl (C=O) groups is 1. The van der Waals surface area contributed by atoms with E-state index in [1.54, 1.807) is 14.0 Å². The fourth-order valence-corrected chi connectivity index (χ4v) is 2.75. The van der Waals surface area contributed by atoms with E-state index in [-0.39, 0.29) is 12.0 Å². The maximum Gasteiger partial charge on any atom is 0.354 e. The number of hydrogen-bond acceptors (Lipinski definition) is 5. The minimum Gasteiger partial charge on any atom is -0.497 e. The molecule has 0 aliphatic carbocycles. The molecule has 124 valence electrons. The molecule has 0 spiro atoms. The predicted molar refractivity (Wildman–Crippen MR) is 93.3 cm³/mol. The number of methoxy groups -OCH3 is 1. The lowest BCUT2D eigenvalue weighted by atomic mass is 10.0. The quantitative estimate of drug-likeness (QED) is 0.789. The Balaban J connectivity index is 1.93. The van der Waals surface area contributed by atoms with Crippen molar-refractivity contribution < 1.29 is 14.3 Å². The molecular weight excluding hydrogens is 304 g/mol. The van der Waals surface area contributed by atoms with Gasteiger partial charge in [-0.3, -0.25) is 5.01 Å². The van der Waals surface area contributed by atoms with Crippen LogP contribution < -0.4 is 9.75 Å². The topological polar surface area (TPSA) is 51.1 Å². The Morgan fingerprint density at radius 1 is 1.17 bits per heavy atom. The van der Waals surface area contributed by atoms with E-state index >= 15 is 0 Å². The zero-order valence-electron chi connectivity index (χ0n) is 13.8. The summed E-state index contributed by atoms with van der Waals surface area (Å²) in [5.74, 6) is 0.448. The third-order valence-electron chi connectivity index (χ3n) is 3.94. The highest BCUT2D eigenvalue weighted by Crippen LogP contribution is 2.35. The van der Waals surface area contributed by atoms with E-state index in [1.807, 2.05) is 59.6 Å². The predicted octanol–water partition coefficient (Wildman–Crippen LogP) is 3.57. The van der Waals surface area contributed by atoms with Gasteiger partial charge in [0.05, 0.1) is 25.4 Å². The molecule has 0 saturated heterocycles. The molecule has 0 fully saturated rings. The van der Waals surface area contributed by atoms with Crippen molar-refractivity contribution in [1.82, 2.24) is 0 Å². The summed E-state index contributed by atoms with van der Waals surface area (Å²) in [5.41, 5.74) is 2.46. The molecule has 0 aromatic heterocycles. The van der Waals surface area contributed by atoms with Crippen LogP contribution >= 0.6 is 0 Å². The molecule has 1 heterocycles. The zero-order valence-corrected chi connectivity index (χ0v) is 13.8. The van der Waals surface area contributed by atoms with Gasteiger partial charge in [-0.1, -0.05) is 30.3 Å². The molecule has 5 heteroatoms. The van der Waals surface area contributed by atoms with E-state index in [2.05, 4.69) is 5.10 Å². The van der Waals surface area contributed by atoms with Gasteiger partial charge < -0.3 is 9.47 Å². The van der Waals surface area contributed by atoms with E-state index in [9.17, 15) is 4.79 Å². The fourth-order valence-electron chi connectivity index (χ4n) is 2.75. The first-order valence-electron chi connectivity index (χ1n) is 7.95. The monoisotopic (exact) mass is 324 g/mol. The van der Waals surface area contributed by atoms with Gasteiger partial charge in [0.1, 0.15) is 11.5 Å². The number of ether oxygens (including phenoxy) is 2. The summed E-state index contributed by atoms with van der Waals surface area (Å²) in [7, 11) is 1.64. The zero-order chi connectivity index (χ0) is 16.9. The van der Waals surface area contributed by atoms with E-state index in [1.165, 1.54) is 0 Å². The molecule has 3 rings (SSSR count). The maximum absolute atomic E-state index is 12.1. The molecule has 0 saturated carbocycles. The van der Waals surface area contributed by atoms with Crippen LogP contribution in [0.2, 0.25) is 0 Å². The van der Waals surface area contributed by atoms with Crippen LogP contribution in [0.4, 0.5) is 5.69 Å². The maximum atomic E-state index is 12.1. The first-order valence-corrected chi connectivity index (χ1v) is 7.95. The number of esters is 1. The van der Waals surface area contributed by atoms with Crippen molar-refractivity contribution in [1.29, 1.82) is 0 Å². The summed E-state index contributed by atoms with van der Waals surface area (Å²) in [6, 6.07) is 17.6. The highest BCUT2D eigenvalue weighted by molar-refractivity contribution is 6.37. The molecular formula is C19H20N2O3. The summed E-state index contributed by atoms with van der Waals surface area (Å²) in [6.45, 7) is 2.14. The van der Waals surface area contributed by atoms with Gasteiger partial charge in [-0.2, -0.15) is 5.10 Å². The van der Waals surface area contributed by atoms with E-state index in [0.29, 0.717) is 18.7 Å². The smallest absolute Gasteiger partial charge is 0.354 e. The molecule has 1 atom stereocenters. The van der Waals surface area contributed by atoms with Crippen molar-refractivity contribution in [2.45, 2.75) is 19.4 Å². The van der Waals surface area contributed by atoms with E-state index in [0.717, 1.165) is 17.0 Å². The van der Waals surface area contributed by atoms with Crippen molar-refractivity contribution in [3.8, 4) is 5.75 Å². The lowest BCUT2D eigenvalue weighted by molar-refractivity contribution is -0.135. The van der Waals surface area contributed by atoms with Gasteiger partial charge in [0.25, 0.3) is 0 Å².